The highest BCUT2D eigenvalue weighted by Gasteiger charge is 2.32. The van der Waals surface area contributed by atoms with E-state index in [-0.39, 0.29) is 12.6 Å². The standard InChI is InChI=1S/C14H18N4O2/c15-13-16-11-4-2-1-3-10(11)12(17-13)18-14(9-19)5-7-20-8-6-14/h1-4,19H,5-9H2,(H3,15,16,17,18). The lowest BCUT2D eigenvalue weighted by molar-refractivity contribution is 0.0379. The van der Waals surface area contributed by atoms with Crippen molar-refractivity contribution >= 4 is 22.7 Å². The molecule has 1 aliphatic rings. The number of rotatable bonds is 3. The number of benzene rings is 1. The Morgan fingerprint density at radius 1 is 1.25 bits per heavy atom. The van der Waals surface area contributed by atoms with E-state index in [2.05, 4.69) is 15.3 Å². The number of ether oxygens (including phenoxy) is 1. The molecule has 1 aromatic heterocycles. The summed E-state index contributed by atoms with van der Waals surface area (Å²) < 4.78 is 5.37. The molecule has 1 fully saturated rings. The molecule has 0 bridgehead atoms. The van der Waals surface area contributed by atoms with Crippen LogP contribution >= 0.6 is 0 Å². The van der Waals surface area contributed by atoms with E-state index < -0.39 is 5.54 Å². The van der Waals surface area contributed by atoms with Crippen molar-refractivity contribution in [3.8, 4) is 0 Å². The summed E-state index contributed by atoms with van der Waals surface area (Å²) in [5, 5.41) is 14.0. The molecule has 106 valence electrons. The highest BCUT2D eigenvalue weighted by molar-refractivity contribution is 5.90. The molecule has 2 aromatic rings. The van der Waals surface area contributed by atoms with Crippen LogP contribution in [0, 0.1) is 0 Å². The van der Waals surface area contributed by atoms with Crippen LogP contribution in [0.15, 0.2) is 24.3 Å². The van der Waals surface area contributed by atoms with E-state index in [1.54, 1.807) is 0 Å². The van der Waals surface area contributed by atoms with Gasteiger partial charge in [-0.2, -0.15) is 4.98 Å². The minimum atomic E-state index is -0.401. The fraction of sp³-hybridized carbons (Fsp3) is 0.429. The molecular formula is C14H18N4O2. The van der Waals surface area contributed by atoms with Gasteiger partial charge in [0.1, 0.15) is 5.82 Å². The predicted octanol–water partition coefficient (Wildman–Crippen LogP) is 1.17. The van der Waals surface area contributed by atoms with Crippen LogP contribution in [0.3, 0.4) is 0 Å². The van der Waals surface area contributed by atoms with Gasteiger partial charge in [0.15, 0.2) is 0 Å². The molecule has 1 saturated heterocycles. The first-order valence-electron chi connectivity index (χ1n) is 6.71. The zero-order chi connectivity index (χ0) is 14.0. The number of nitrogens with zero attached hydrogens (tertiary/aromatic N) is 2. The molecule has 6 heteroatoms. The molecule has 0 aliphatic carbocycles. The lowest BCUT2D eigenvalue weighted by atomic mass is 9.91. The van der Waals surface area contributed by atoms with E-state index in [4.69, 9.17) is 10.5 Å². The first kappa shape index (κ1) is 13.1. The van der Waals surface area contributed by atoms with Gasteiger partial charge in [0.2, 0.25) is 5.95 Å². The van der Waals surface area contributed by atoms with Gasteiger partial charge < -0.3 is 20.9 Å². The van der Waals surface area contributed by atoms with Crippen LogP contribution in [0.25, 0.3) is 10.9 Å². The summed E-state index contributed by atoms with van der Waals surface area (Å²) in [6.45, 7) is 1.30. The molecule has 0 atom stereocenters. The number of aliphatic hydroxyl groups is 1. The van der Waals surface area contributed by atoms with Crippen LogP contribution in [0.2, 0.25) is 0 Å². The maximum Gasteiger partial charge on any atom is 0.222 e. The number of aromatic nitrogens is 2. The third-order valence-corrected chi connectivity index (χ3v) is 3.76. The SMILES string of the molecule is Nc1nc(NC2(CO)CCOCC2)c2ccccc2n1. The molecule has 6 nitrogen and oxygen atoms in total. The van der Waals surface area contributed by atoms with Gasteiger partial charge in [0.05, 0.1) is 17.7 Å². The van der Waals surface area contributed by atoms with Crippen LogP contribution in [-0.4, -0.2) is 40.4 Å². The maximum absolute atomic E-state index is 9.75. The quantitative estimate of drug-likeness (QED) is 0.778. The highest BCUT2D eigenvalue weighted by Crippen LogP contribution is 2.29. The Balaban J connectivity index is 2.01. The Hall–Kier alpha value is -1.92. The second-order valence-electron chi connectivity index (χ2n) is 5.12. The Labute approximate surface area is 117 Å². The van der Waals surface area contributed by atoms with Crippen molar-refractivity contribution in [3.05, 3.63) is 24.3 Å². The summed E-state index contributed by atoms with van der Waals surface area (Å²) in [6.07, 6.45) is 1.48. The first-order valence-corrected chi connectivity index (χ1v) is 6.71. The van der Waals surface area contributed by atoms with Gasteiger partial charge in [-0.05, 0) is 25.0 Å². The number of hydrogen-bond donors (Lipinski definition) is 3. The van der Waals surface area contributed by atoms with Crippen molar-refractivity contribution in [1.82, 2.24) is 9.97 Å². The zero-order valence-electron chi connectivity index (χ0n) is 11.2. The number of nitrogens with two attached hydrogens (primary N) is 1. The molecule has 0 amide bonds. The fourth-order valence-electron chi connectivity index (χ4n) is 2.53. The molecule has 20 heavy (non-hydrogen) atoms. The second kappa shape index (κ2) is 5.22. The average molecular weight is 274 g/mol. The third-order valence-electron chi connectivity index (χ3n) is 3.76. The van der Waals surface area contributed by atoms with Gasteiger partial charge >= 0.3 is 0 Å². The van der Waals surface area contributed by atoms with Crippen molar-refractivity contribution < 1.29 is 9.84 Å². The van der Waals surface area contributed by atoms with Crippen molar-refractivity contribution in [1.29, 1.82) is 0 Å². The number of anilines is 2. The maximum atomic E-state index is 9.75. The average Bonchev–Trinajstić information content (AvgIpc) is 2.48. The number of para-hydroxylation sites is 1. The predicted molar refractivity (Wildman–Crippen MR) is 77.4 cm³/mol. The van der Waals surface area contributed by atoms with E-state index >= 15 is 0 Å². The Morgan fingerprint density at radius 3 is 2.75 bits per heavy atom. The van der Waals surface area contributed by atoms with E-state index in [0.717, 1.165) is 23.7 Å². The van der Waals surface area contributed by atoms with Crippen LogP contribution < -0.4 is 11.1 Å². The number of nitrogen functional groups attached to an aromatic ring is 1. The van der Waals surface area contributed by atoms with E-state index in [1.807, 2.05) is 24.3 Å². The van der Waals surface area contributed by atoms with Crippen molar-refractivity contribution in [2.75, 3.05) is 30.9 Å². The monoisotopic (exact) mass is 274 g/mol. The van der Waals surface area contributed by atoms with Crippen molar-refractivity contribution in [2.24, 2.45) is 0 Å². The normalized spacial score (nSPS) is 18.1. The number of hydrogen-bond acceptors (Lipinski definition) is 6. The summed E-state index contributed by atoms with van der Waals surface area (Å²) in [4.78, 5) is 8.51. The molecule has 2 heterocycles. The lowest BCUT2D eigenvalue weighted by Gasteiger charge is -2.37. The number of aliphatic hydroxyl groups excluding tert-OH is 1. The van der Waals surface area contributed by atoms with Gasteiger partial charge in [-0.1, -0.05) is 12.1 Å². The molecule has 0 saturated carbocycles. The molecule has 1 aliphatic heterocycles. The van der Waals surface area contributed by atoms with Gasteiger partial charge in [-0.3, -0.25) is 0 Å². The Kier molecular flexibility index (Phi) is 3.42. The zero-order valence-corrected chi connectivity index (χ0v) is 11.2. The molecule has 4 N–H and O–H groups in total. The third kappa shape index (κ3) is 2.39. The van der Waals surface area contributed by atoms with Crippen LogP contribution in [0.4, 0.5) is 11.8 Å². The number of fused-ring (bicyclic) bond motifs is 1. The van der Waals surface area contributed by atoms with Crippen LogP contribution in [0.1, 0.15) is 12.8 Å². The summed E-state index contributed by atoms with van der Waals surface area (Å²) in [6, 6.07) is 7.69. The summed E-state index contributed by atoms with van der Waals surface area (Å²) in [5.74, 6) is 0.899. The smallest absolute Gasteiger partial charge is 0.222 e. The minimum Gasteiger partial charge on any atom is -0.394 e. The van der Waals surface area contributed by atoms with Crippen molar-refractivity contribution in [3.63, 3.8) is 0 Å². The topological polar surface area (TPSA) is 93.3 Å². The molecule has 1 aromatic carbocycles. The second-order valence-corrected chi connectivity index (χ2v) is 5.12. The number of nitrogens with one attached hydrogen (secondary N) is 1. The summed E-state index contributed by atoms with van der Waals surface area (Å²) in [7, 11) is 0. The van der Waals surface area contributed by atoms with E-state index in [1.165, 1.54) is 0 Å². The van der Waals surface area contributed by atoms with E-state index in [9.17, 15) is 5.11 Å². The minimum absolute atomic E-state index is 0.0363. The molecule has 3 rings (SSSR count). The van der Waals surface area contributed by atoms with Crippen molar-refractivity contribution in [2.45, 2.75) is 18.4 Å². The molecular weight excluding hydrogens is 256 g/mol. The van der Waals surface area contributed by atoms with E-state index in [0.29, 0.717) is 19.0 Å². The fourth-order valence-corrected chi connectivity index (χ4v) is 2.53. The lowest BCUT2D eigenvalue weighted by Crippen LogP contribution is -2.47. The largest absolute Gasteiger partial charge is 0.394 e. The van der Waals surface area contributed by atoms with Gasteiger partial charge in [-0.15, -0.1) is 0 Å². The van der Waals surface area contributed by atoms with Gasteiger partial charge in [-0.25, -0.2) is 4.98 Å². The first-order chi connectivity index (χ1) is 9.72. The van der Waals surface area contributed by atoms with Crippen LogP contribution in [0.5, 0.6) is 0 Å². The summed E-state index contributed by atoms with van der Waals surface area (Å²) >= 11 is 0. The Bertz CT molecular complexity index is 611. The Morgan fingerprint density at radius 2 is 2.00 bits per heavy atom. The van der Waals surface area contributed by atoms with Gasteiger partial charge in [0, 0.05) is 18.6 Å². The highest BCUT2D eigenvalue weighted by atomic mass is 16.5. The summed E-state index contributed by atoms with van der Waals surface area (Å²) in [5.41, 5.74) is 6.16. The van der Waals surface area contributed by atoms with Gasteiger partial charge in [0.25, 0.3) is 0 Å². The molecule has 0 spiro atoms. The molecule has 0 unspecified atom stereocenters. The molecule has 0 radical (unpaired) electrons. The van der Waals surface area contributed by atoms with Crippen LogP contribution in [-0.2, 0) is 4.74 Å².